The van der Waals surface area contributed by atoms with E-state index in [4.69, 9.17) is 9.15 Å². The van der Waals surface area contributed by atoms with Crippen molar-refractivity contribution in [3.8, 4) is 0 Å². The molecule has 4 heteroatoms. The van der Waals surface area contributed by atoms with Crippen LogP contribution < -0.4 is 5.32 Å². The van der Waals surface area contributed by atoms with Crippen molar-refractivity contribution in [3.05, 3.63) is 24.1 Å². The Bertz CT molecular complexity index is 564. The van der Waals surface area contributed by atoms with Crippen LogP contribution in [0.2, 0.25) is 0 Å². The van der Waals surface area contributed by atoms with Gasteiger partial charge >= 0.3 is 0 Å². The minimum Gasteiger partial charge on any atom is -0.441 e. The number of nitrogens with zero attached hydrogens (tertiary/aromatic N) is 1. The SMILES string of the molecule is COC1CCCCC1Nc1ccc2oc(C)nc2c1. The zero-order valence-electron chi connectivity index (χ0n) is 11.5. The lowest BCUT2D eigenvalue weighted by Crippen LogP contribution is -2.37. The number of methoxy groups -OCH3 is 1. The van der Waals surface area contributed by atoms with Gasteiger partial charge in [0.2, 0.25) is 0 Å². The Balaban J connectivity index is 1.79. The van der Waals surface area contributed by atoms with Gasteiger partial charge in [0.25, 0.3) is 0 Å². The maximum atomic E-state index is 5.57. The molecule has 1 saturated carbocycles. The minimum absolute atomic E-state index is 0.309. The molecule has 1 fully saturated rings. The molecule has 0 aliphatic heterocycles. The van der Waals surface area contributed by atoms with Gasteiger partial charge in [-0.2, -0.15) is 0 Å². The smallest absolute Gasteiger partial charge is 0.192 e. The highest BCUT2D eigenvalue weighted by Gasteiger charge is 2.24. The van der Waals surface area contributed by atoms with E-state index in [2.05, 4.69) is 10.3 Å². The van der Waals surface area contributed by atoms with Crippen molar-refractivity contribution in [2.75, 3.05) is 12.4 Å². The molecule has 1 aromatic heterocycles. The quantitative estimate of drug-likeness (QED) is 0.917. The number of anilines is 1. The van der Waals surface area contributed by atoms with Crippen LogP contribution in [-0.4, -0.2) is 24.2 Å². The number of hydrogen-bond acceptors (Lipinski definition) is 4. The van der Waals surface area contributed by atoms with Crippen molar-refractivity contribution in [2.24, 2.45) is 0 Å². The summed E-state index contributed by atoms with van der Waals surface area (Å²) in [6.07, 6.45) is 5.14. The van der Waals surface area contributed by atoms with Crippen molar-refractivity contribution < 1.29 is 9.15 Å². The molecular formula is C15H20N2O2. The molecule has 0 radical (unpaired) electrons. The Hall–Kier alpha value is -1.55. The van der Waals surface area contributed by atoms with E-state index in [9.17, 15) is 0 Å². The maximum Gasteiger partial charge on any atom is 0.192 e. The Morgan fingerprint density at radius 1 is 1.32 bits per heavy atom. The third-order valence-corrected chi connectivity index (χ3v) is 3.85. The first-order valence-corrected chi connectivity index (χ1v) is 6.93. The number of rotatable bonds is 3. The molecule has 0 bridgehead atoms. The van der Waals surface area contributed by atoms with E-state index in [1.807, 2.05) is 25.1 Å². The summed E-state index contributed by atoms with van der Waals surface area (Å²) in [6, 6.07) is 6.47. The average molecular weight is 260 g/mol. The van der Waals surface area contributed by atoms with Gasteiger partial charge in [0.15, 0.2) is 11.5 Å². The van der Waals surface area contributed by atoms with Gasteiger partial charge in [-0.15, -0.1) is 0 Å². The average Bonchev–Trinajstić information content (AvgIpc) is 2.79. The Morgan fingerprint density at radius 2 is 2.16 bits per heavy atom. The fraction of sp³-hybridized carbons (Fsp3) is 0.533. The summed E-state index contributed by atoms with van der Waals surface area (Å²) in [4.78, 5) is 4.37. The van der Waals surface area contributed by atoms with Gasteiger partial charge < -0.3 is 14.5 Å². The summed E-state index contributed by atoms with van der Waals surface area (Å²) >= 11 is 0. The molecule has 2 atom stereocenters. The Labute approximate surface area is 113 Å². The summed E-state index contributed by atoms with van der Waals surface area (Å²) in [6.45, 7) is 1.87. The lowest BCUT2D eigenvalue weighted by Gasteiger charge is -2.31. The number of aromatic nitrogens is 1. The molecular weight excluding hydrogens is 240 g/mol. The summed E-state index contributed by atoms with van der Waals surface area (Å²) in [7, 11) is 1.80. The van der Waals surface area contributed by atoms with Crippen LogP contribution in [0.5, 0.6) is 0 Å². The third-order valence-electron chi connectivity index (χ3n) is 3.85. The molecule has 1 aliphatic carbocycles. The van der Waals surface area contributed by atoms with Gasteiger partial charge in [0, 0.05) is 19.7 Å². The van der Waals surface area contributed by atoms with Crippen LogP contribution in [0.3, 0.4) is 0 Å². The van der Waals surface area contributed by atoms with Crippen molar-refractivity contribution in [3.63, 3.8) is 0 Å². The Kier molecular flexibility index (Phi) is 3.42. The molecule has 1 aromatic carbocycles. The van der Waals surface area contributed by atoms with Crippen molar-refractivity contribution >= 4 is 16.8 Å². The molecule has 4 nitrogen and oxygen atoms in total. The molecule has 0 saturated heterocycles. The predicted octanol–water partition coefficient (Wildman–Crippen LogP) is 3.51. The zero-order valence-corrected chi connectivity index (χ0v) is 11.5. The van der Waals surface area contributed by atoms with Gasteiger partial charge in [-0.1, -0.05) is 12.8 Å². The number of fused-ring (bicyclic) bond motifs is 1. The van der Waals surface area contributed by atoms with Crippen LogP contribution in [0, 0.1) is 6.92 Å². The largest absolute Gasteiger partial charge is 0.441 e. The summed E-state index contributed by atoms with van der Waals surface area (Å²) in [5.74, 6) is 0.708. The first kappa shape index (κ1) is 12.5. The normalized spacial score (nSPS) is 23.7. The van der Waals surface area contributed by atoms with Crippen LogP contribution in [0.4, 0.5) is 5.69 Å². The van der Waals surface area contributed by atoms with Gasteiger partial charge in [0.1, 0.15) is 5.52 Å². The fourth-order valence-electron chi connectivity index (χ4n) is 2.89. The molecule has 3 rings (SSSR count). The summed E-state index contributed by atoms with van der Waals surface area (Å²) in [5.41, 5.74) is 2.84. The number of nitrogens with one attached hydrogen (secondary N) is 1. The highest BCUT2D eigenvalue weighted by molar-refractivity contribution is 5.77. The Morgan fingerprint density at radius 3 is 3.00 bits per heavy atom. The topological polar surface area (TPSA) is 47.3 Å². The monoisotopic (exact) mass is 260 g/mol. The van der Waals surface area contributed by atoms with E-state index in [1.54, 1.807) is 7.11 Å². The van der Waals surface area contributed by atoms with Gasteiger partial charge in [-0.05, 0) is 31.0 Å². The zero-order chi connectivity index (χ0) is 13.2. The van der Waals surface area contributed by atoms with Crippen LogP contribution >= 0.6 is 0 Å². The fourth-order valence-corrected chi connectivity index (χ4v) is 2.89. The molecule has 2 unspecified atom stereocenters. The van der Waals surface area contributed by atoms with E-state index in [0.717, 1.165) is 29.6 Å². The second-order valence-corrected chi connectivity index (χ2v) is 5.22. The summed E-state index contributed by atoms with van der Waals surface area (Å²) < 4.78 is 11.1. The van der Waals surface area contributed by atoms with Gasteiger partial charge in [-0.3, -0.25) is 0 Å². The number of ether oxygens (including phenoxy) is 1. The van der Waals surface area contributed by atoms with Crippen LogP contribution in [0.25, 0.3) is 11.1 Å². The van der Waals surface area contributed by atoms with Gasteiger partial charge in [0.05, 0.1) is 12.1 Å². The molecule has 102 valence electrons. The molecule has 1 N–H and O–H groups in total. The number of benzene rings is 1. The third kappa shape index (κ3) is 2.59. The van der Waals surface area contributed by atoms with Crippen LogP contribution in [0.1, 0.15) is 31.6 Å². The van der Waals surface area contributed by atoms with E-state index in [0.29, 0.717) is 18.0 Å². The maximum absolute atomic E-state index is 5.57. The standard InChI is InChI=1S/C15H20N2O2/c1-10-16-13-9-11(7-8-15(13)19-10)17-12-5-3-4-6-14(12)18-2/h7-9,12,14,17H,3-6H2,1-2H3. The van der Waals surface area contributed by atoms with Gasteiger partial charge in [-0.25, -0.2) is 4.98 Å². The second-order valence-electron chi connectivity index (χ2n) is 5.22. The van der Waals surface area contributed by atoms with Crippen LogP contribution in [0.15, 0.2) is 22.6 Å². The number of hydrogen-bond donors (Lipinski definition) is 1. The van der Waals surface area contributed by atoms with E-state index >= 15 is 0 Å². The van der Waals surface area contributed by atoms with Crippen molar-refractivity contribution in [1.29, 1.82) is 0 Å². The van der Waals surface area contributed by atoms with E-state index in [1.165, 1.54) is 12.8 Å². The highest BCUT2D eigenvalue weighted by atomic mass is 16.5. The predicted molar refractivity (Wildman–Crippen MR) is 75.4 cm³/mol. The first-order valence-electron chi connectivity index (χ1n) is 6.93. The molecule has 1 aliphatic rings. The molecule has 2 aromatic rings. The molecule has 1 heterocycles. The first-order chi connectivity index (χ1) is 9.26. The number of aryl methyl sites for hydroxylation is 1. The molecule has 0 amide bonds. The molecule has 0 spiro atoms. The number of oxazole rings is 1. The summed E-state index contributed by atoms with van der Waals surface area (Å²) in [5, 5.41) is 3.58. The second kappa shape index (κ2) is 5.21. The minimum atomic E-state index is 0.309. The van der Waals surface area contributed by atoms with E-state index < -0.39 is 0 Å². The lowest BCUT2D eigenvalue weighted by atomic mass is 9.92. The highest BCUT2D eigenvalue weighted by Crippen LogP contribution is 2.26. The lowest BCUT2D eigenvalue weighted by molar-refractivity contribution is 0.0606. The van der Waals surface area contributed by atoms with Crippen molar-refractivity contribution in [1.82, 2.24) is 4.98 Å². The molecule has 19 heavy (non-hydrogen) atoms. The van der Waals surface area contributed by atoms with E-state index in [-0.39, 0.29) is 0 Å². The van der Waals surface area contributed by atoms with Crippen LogP contribution in [-0.2, 0) is 4.74 Å². The van der Waals surface area contributed by atoms with Crippen molar-refractivity contribution in [2.45, 2.75) is 44.8 Å².